The van der Waals surface area contributed by atoms with E-state index in [1.165, 1.54) is 34.4 Å². The molecule has 7 aromatic rings. The molecule has 11 rings (SSSR count). The number of aryl methyl sites for hydroxylation is 2. The second-order valence-corrected chi connectivity index (χ2v) is 16.0. The summed E-state index contributed by atoms with van der Waals surface area (Å²) in [6.45, 7) is 8.12. The number of hydrogen-bond donors (Lipinski definition) is 2. The van der Waals surface area contributed by atoms with Crippen LogP contribution in [0.3, 0.4) is 0 Å². The van der Waals surface area contributed by atoms with Gasteiger partial charge in [-0.25, -0.2) is 0 Å². The minimum Gasteiger partial charge on any atom is -0.545 e. The Morgan fingerprint density at radius 3 is 1.24 bits per heavy atom. The maximum absolute atomic E-state index is 11.0. The normalized spacial score (nSPS) is 13.7. The summed E-state index contributed by atoms with van der Waals surface area (Å²) in [6.07, 6.45) is 3.63. The van der Waals surface area contributed by atoms with E-state index in [9.17, 15) is 19.8 Å². The third-order valence-electron chi connectivity index (χ3n) is 10.2. The minimum atomic E-state index is -1.42. The van der Waals surface area contributed by atoms with E-state index in [-0.39, 0.29) is 18.1 Å². The van der Waals surface area contributed by atoms with Crippen molar-refractivity contribution in [2.75, 3.05) is 26.2 Å². The molecular weight excluding hydrogens is 922 g/mol. The van der Waals surface area contributed by atoms with Crippen LogP contribution in [-0.4, -0.2) is 99.1 Å². The summed E-state index contributed by atoms with van der Waals surface area (Å²) < 4.78 is 6.55. The minimum absolute atomic E-state index is 0.000000000000000222. The average Bonchev–Trinajstić information content (AvgIpc) is 4.25. The van der Waals surface area contributed by atoms with Crippen molar-refractivity contribution in [3.63, 3.8) is 0 Å². The molecule has 1 unspecified atom stereocenters. The van der Waals surface area contributed by atoms with Crippen LogP contribution in [0.5, 0.6) is 0 Å². The van der Waals surface area contributed by atoms with Crippen LogP contribution in [0.15, 0.2) is 173 Å². The Hall–Kier alpha value is -9.11. The van der Waals surface area contributed by atoms with Crippen molar-refractivity contribution in [1.82, 2.24) is 41.2 Å². The largest absolute Gasteiger partial charge is 0.545 e. The van der Waals surface area contributed by atoms with Gasteiger partial charge in [0, 0.05) is 22.3 Å². The van der Waals surface area contributed by atoms with E-state index in [2.05, 4.69) is 126 Å². The number of azo groups is 2. The second kappa shape index (κ2) is 24.8. The van der Waals surface area contributed by atoms with E-state index >= 15 is 0 Å². The Labute approximate surface area is 409 Å². The van der Waals surface area contributed by atoms with Crippen LogP contribution in [0.1, 0.15) is 54.1 Å². The van der Waals surface area contributed by atoms with Gasteiger partial charge in [-0.15, -0.1) is 30.6 Å². The SMILES string of the molecule is C1=C(c2ccc(C3=CN=NC3)cc2)CN=N1.Cc1cc(C)cc(-c2cc(C(=O)[O-])cc(C(=O)[O-])c2)c1.[3H]B(C)P.c1cc(-c2nn[nH]n2)ccc1-c1nn[nH]n1.c1cc(C2=NN=NC2)ccc1C1=NN=NC1. The number of hydrogen-bond acceptors (Lipinski definition) is 20. The molecule has 22 nitrogen and oxygen atoms in total. The van der Waals surface area contributed by atoms with Crippen molar-refractivity contribution < 1.29 is 19.8 Å². The summed E-state index contributed by atoms with van der Waals surface area (Å²) in [5.41, 5.74) is 13.3. The number of carbonyl (C=O) groups is 2. The molecule has 4 aliphatic rings. The van der Waals surface area contributed by atoms with Crippen LogP contribution in [0.4, 0.5) is 0 Å². The summed E-state index contributed by atoms with van der Waals surface area (Å²) in [5, 5.41) is 87.5. The van der Waals surface area contributed by atoms with E-state index in [1.54, 1.807) is 6.82 Å². The van der Waals surface area contributed by atoms with Crippen LogP contribution in [0, 0.1) is 13.8 Å². The smallest absolute Gasteiger partial charge is 0.204 e. The molecule has 0 spiro atoms. The third-order valence-corrected chi connectivity index (χ3v) is 10.2. The fourth-order valence-corrected chi connectivity index (χ4v) is 6.86. The highest BCUT2D eigenvalue weighted by molar-refractivity contribution is 7.55. The first kappa shape index (κ1) is 48.4. The molecular formula is C47H42BN18O4P-2. The molecule has 0 bridgehead atoms. The number of aromatic nitrogens is 8. The van der Waals surface area contributed by atoms with Gasteiger partial charge in [0.15, 0.2) is 0 Å². The van der Waals surface area contributed by atoms with Crippen molar-refractivity contribution in [3.8, 4) is 33.9 Å². The number of tetrazole rings is 2. The zero-order valence-corrected chi connectivity index (χ0v) is 39.5. The fourth-order valence-electron chi connectivity index (χ4n) is 6.86. The summed E-state index contributed by atoms with van der Waals surface area (Å²) in [6, 6.07) is 33.4. The van der Waals surface area contributed by atoms with Crippen LogP contribution in [0.25, 0.3) is 45.0 Å². The van der Waals surface area contributed by atoms with E-state index < -0.39 is 11.9 Å². The number of nitrogens with one attached hydrogen (secondary N) is 2. The molecule has 0 radical (unpaired) electrons. The van der Waals surface area contributed by atoms with Crippen molar-refractivity contribution in [2.45, 2.75) is 20.7 Å². The molecule has 4 aliphatic heterocycles. The summed E-state index contributed by atoms with van der Waals surface area (Å²) in [5.74, 6) is -1.73. The molecule has 2 N–H and O–H groups in total. The van der Waals surface area contributed by atoms with Gasteiger partial charge in [0.2, 0.25) is 11.6 Å². The third kappa shape index (κ3) is 14.0. The summed E-state index contributed by atoms with van der Waals surface area (Å²) in [7, 11) is 2.32. The average molecular weight is 967 g/mol. The quantitative estimate of drug-likeness (QED) is 0.120. The zero-order valence-electron chi connectivity index (χ0n) is 39.3. The second-order valence-electron chi connectivity index (χ2n) is 15.3. The van der Waals surface area contributed by atoms with Crippen LogP contribution < -0.4 is 10.2 Å². The Morgan fingerprint density at radius 2 is 0.915 bits per heavy atom. The number of H-pyrrole nitrogens is 2. The molecule has 6 heterocycles. The van der Waals surface area contributed by atoms with Crippen molar-refractivity contribution in [1.29, 1.82) is 1.34 Å². The van der Waals surface area contributed by atoms with Gasteiger partial charge in [-0.3, -0.25) is 0 Å². The molecule has 71 heavy (non-hydrogen) atoms. The molecule has 0 aliphatic carbocycles. The number of aromatic carboxylic acids is 2. The van der Waals surface area contributed by atoms with Crippen molar-refractivity contribution in [2.24, 2.45) is 51.3 Å². The molecule has 0 fully saturated rings. The van der Waals surface area contributed by atoms with E-state index in [1.807, 2.05) is 93.0 Å². The number of carboxylic acids is 2. The lowest BCUT2D eigenvalue weighted by atomic mass is 9.97. The molecule has 354 valence electrons. The predicted octanol–water partition coefficient (Wildman–Crippen LogP) is 6.33. The Bertz CT molecular complexity index is 2940. The zero-order chi connectivity index (χ0) is 50.8. The number of benzene rings is 5. The lowest BCUT2D eigenvalue weighted by Gasteiger charge is -2.12. The first-order valence-electron chi connectivity index (χ1n) is 22.1. The molecule has 0 amide bonds. The highest BCUT2D eigenvalue weighted by atomic mass is 31.0. The molecule has 1 atom stereocenters. The molecule has 5 aromatic carbocycles. The van der Waals surface area contributed by atoms with Gasteiger partial charge in [0.05, 0.1) is 48.9 Å². The van der Waals surface area contributed by atoms with Gasteiger partial charge in [0.25, 0.3) is 0 Å². The lowest BCUT2D eigenvalue weighted by molar-refractivity contribution is -0.255. The van der Waals surface area contributed by atoms with Gasteiger partial charge in [-0.2, -0.15) is 50.2 Å². The first-order chi connectivity index (χ1) is 34.9. The number of carboxylic acid groups (broad SMARTS) is 2. The molecule has 0 saturated carbocycles. The lowest BCUT2D eigenvalue weighted by Crippen LogP contribution is -2.25. The Morgan fingerprint density at radius 1 is 0.535 bits per heavy atom. The standard InChI is InChI=1S/C16H14O4.C12H10N4.C10H8N6.C8H6N8.CH6BP/c1-9-3-10(2)5-11(4-9)12-6-13(15(17)18)8-14(7-12)16(19)20;1-2-10(12-7-15-16-8-12)4-3-9(1)11-5-13-14-6-11;1-2-8(10-6-12-16-14-10)4-3-7(1)9-5-11-15-13-9;1-2-6(8-11-15-16-12-8)4-3-5(1)7-9-13-14-10-7;1-2-3/h3-8H,1-2H3,(H,17,18)(H,19,20);1-5,7H,6,8H2;1-4H,5-6H2;1-4H,(H,9,10,13,14)(H,11,12,15,16);2H,3H2,1H3/p-2/i;;;;2T. The van der Waals surface area contributed by atoms with Crippen molar-refractivity contribution >= 4 is 50.6 Å². The van der Waals surface area contributed by atoms with Crippen LogP contribution in [-0.2, 0) is 0 Å². The van der Waals surface area contributed by atoms with Gasteiger partial charge < -0.3 is 19.8 Å². The highest BCUT2D eigenvalue weighted by Crippen LogP contribution is 2.26. The first-order valence-corrected chi connectivity index (χ1v) is 22.2. The number of rotatable bonds is 9. The van der Waals surface area contributed by atoms with E-state index in [0.717, 1.165) is 56.4 Å². The Kier molecular flexibility index (Phi) is 16.9. The maximum Gasteiger partial charge on any atom is 0.204 e. The predicted molar refractivity (Wildman–Crippen MR) is 266 cm³/mol. The number of nitrogens with zero attached hydrogens (tertiary/aromatic N) is 16. The summed E-state index contributed by atoms with van der Waals surface area (Å²) >= 11 is 0. The fraction of sp³-hybridized carbons (Fsp3) is 0.149. The van der Waals surface area contributed by atoms with E-state index in [4.69, 9.17) is 1.34 Å². The molecule has 2 aromatic heterocycles. The molecule has 24 heteroatoms. The highest BCUT2D eigenvalue weighted by Gasteiger charge is 2.12. The number of aromatic amines is 2. The van der Waals surface area contributed by atoms with Crippen molar-refractivity contribution in [3.05, 3.63) is 166 Å². The van der Waals surface area contributed by atoms with Gasteiger partial charge >= 0.3 is 0 Å². The number of carbonyl (C=O) groups excluding carboxylic acids is 2. The maximum atomic E-state index is 11.0. The van der Waals surface area contributed by atoms with Crippen LogP contribution >= 0.6 is 9.12 Å². The topological polar surface area (TPSA) is 313 Å². The van der Waals surface area contributed by atoms with Gasteiger partial charge in [-0.05, 0) is 98.8 Å². The van der Waals surface area contributed by atoms with Crippen LogP contribution in [0.2, 0.25) is 6.82 Å². The summed E-state index contributed by atoms with van der Waals surface area (Å²) in [4.78, 5) is 21.9. The Balaban J connectivity index is 0.000000138. The van der Waals surface area contributed by atoms with Gasteiger partial charge in [0.1, 0.15) is 20.1 Å². The molecule has 0 saturated heterocycles. The van der Waals surface area contributed by atoms with Gasteiger partial charge in [-0.1, -0.05) is 109 Å². The monoisotopic (exact) mass is 966 g/mol. The van der Waals surface area contributed by atoms with E-state index in [0.29, 0.717) is 43.4 Å².